The second-order valence-corrected chi connectivity index (χ2v) is 7.49. The third-order valence-electron chi connectivity index (χ3n) is 4.86. The minimum Gasteiger partial charge on any atom is -0.384 e. The fourth-order valence-electron chi connectivity index (χ4n) is 3.45. The number of aromatic amines is 1. The highest BCUT2D eigenvalue weighted by Gasteiger charge is 2.20. The maximum absolute atomic E-state index is 5.86. The molecule has 0 atom stereocenters. The third-order valence-corrected chi connectivity index (χ3v) is 6.06. The van der Waals surface area contributed by atoms with Crippen LogP contribution in [0.3, 0.4) is 0 Å². The van der Waals surface area contributed by atoms with Crippen LogP contribution in [-0.4, -0.2) is 37.9 Å². The number of thiazole rings is 1. The molecule has 0 aromatic carbocycles. The Labute approximate surface area is 148 Å². The second-order valence-electron chi connectivity index (χ2n) is 6.41. The lowest BCUT2D eigenvalue weighted by atomic mass is 10.1. The average Bonchev–Trinajstić information content (AvgIpc) is 3.21. The number of pyridine rings is 2. The highest BCUT2D eigenvalue weighted by atomic mass is 32.1. The van der Waals surface area contributed by atoms with Crippen LogP contribution in [0.25, 0.3) is 32.5 Å². The Morgan fingerprint density at radius 1 is 1.24 bits per heavy atom. The van der Waals surface area contributed by atoms with Crippen LogP contribution in [0.15, 0.2) is 24.5 Å². The van der Waals surface area contributed by atoms with Gasteiger partial charge in [-0.2, -0.15) is 0 Å². The molecule has 4 aromatic heterocycles. The number of anilines is 1. The van der Waals surface area contributed by atoms with Crippen molar-refractivity contribution in [2.24, 2.45) is 0 Å². The maximum Gasteiger partial charge on any atom is 0.138 e. The lowest BCUT2D eigenvalue weighted by Gasteiger charge is -2.23. The molecule has 5 rings (SSSR count). The number of hydrogen-bond acceptors (Lipinski definition) is 6. The van der Waals surface area contributed by atoms with Gasteiger partial charge in [0.25, 0.3) is 0 Å². The maximum atomic E-state index is 5.86. The van der Waals surface area contributed by atoms with Crippen LogP contribution in [-0.2, 0) is 13.0 Å². The summed E-state index contributed by atoms with van der Waals surface area (Å²) in [5, 5.41) is 3.16. The molecular weight excluding hydrogens is 332 g/mol. The van der Waals surface area contributed by atoms with E-state index >= 15 is 0 Å². The van der Waals surface area contributed by atoms with Crippen molar-refractivity contribution in [2.45, 2.75) is 19.9 Å². The summed E-state index contributed by atoms with van der Waals surface area (Å²) in [7, 11) is 0. The van der Waals surface area contributed by atoms with E-state index in [4.69, 9.17) is 10.7 Å². The zero-order chi connectivity index (χ0) is 17.0. The molecule has 5 heterocycles. The van der Waals surface area contributed by atoms with Crippen LogP contribution >= 0.6 is 11.3 Å². The van der Waals surface area contributed by atoms with Crippen molar-refractivity contribution < 1.29 is 0 Å². The van der Waals surface area contributed by atoms with Gasteiger partial charge in [0, 0.05) is 40.5 Å². The zero-order valence-corrected chi connectivity index (χ0v) is 14.7. The van der Waals surface area contributed by atoms with Crippen molar-refractivity contribution in [3.63, 3.8) is 0 Å². The van der Waals surface area contributed by atoms with Crippen molar-refractivity contribution >= 4 is 39.1 Å². The molecular formula is C18H18N6S. The number of nitrogens with one attached hydrogen (secondary N) is 1. The zero-order valence-electron chi connectivity index (χ0n) is 13.9. The Balaban J connectivity index is 1.62. The highest BCUT2D eigenvalue weighted by molar-refractivity contribution is 7.15. The molecule has 0 fully saturated rings. The van der Waals surface area contributed by atoms with E-state index in [9.17, 15) is 0 Å². The van der Waals surface area contributed by atoms with Crippen LogP contribution in [0.2, 0.25) is 0 Å². The van der Waals surface area contributed by atoms with Crippen LogP contribution < -0.4 is 5.73 Å². The van der Waals surface area contributed by atoms with Gasteiger partial charge in [-0.05, 0) is 25.1 Å². The first-order chi connectivity index (χ1) is 12.2. The molecule has 1 aliphatic heterocycles. The number of hydrogen-bond donors (Lipinski definition) is 2. The summed E-state index contributed by atoms with van der Waals surface area (Å²) in [6.07, 6.45) is 4.75. The summed E-state index contributed by atoms with van der Waals surface area (Å²) in [6.45, 7) is 5.35. The number of fused-ring (bicyclic) bond motifs is 4. The molecule has 0 aliphatic carbocycles. The van der Waals surface area contributed by atoms with Gasteiger partial charge >= 0.3 is 0 Å². The minimum absolute atomic E-state index is 0.517. The molecule has 1 aliphatic rings. The van der Waals surface area contributed by atoms with Crippen molar-refractivity contribution in [3.8, 4) is 10.6 Å². The van der Waals surface area contributed by atoms with Crippen LogP contribution in [0, 0.1) is 0 Å². The van der Waals surface area contributed by atoms with Crippen LogP contribution in [0.4, 0.5) is 5.82 Å². The first-order valence-corrected chi connectivity index (χ1v) is 9.27. The fraction of sp³-hybridized carbons (Fsp3) is 0.278. The Kier molecular flexibility index (Phi) is 3.26. The van der Waals surface area contributed by atoms with Crippen LogP contribution in [0.1, 0.15) is 17.5 Å². The number of nitrogens with two attached hydrogens (primary N) is 1. The predicted molar refractivity (Wildman–Crippen MR) is 102 cm³/mol. The quantitative estimate of drug-likeness (QED) is 0.580. The van der Waals surface area contributed by atoms with Crippen molar-refractivity contribution in [2.75, 3.05) is 18.8 Å². The van der Waals surface area contributed by atoms with E-state index in [1.54, 1.807) is 17.5 Å². The molecule has 0 bridgehead atoms. The fourth-order valence-corrected chi connectivity index (χ4v) is 4.49. The molecule has 0 amide bonds. The van der Waals surface area contributed by atoms with Crippen molar-refractivity contribution in [3.05, 3.63) is 35.1 Å². The summed E-state index contributed by atoms with van der Waals surface area (Å²) in [5.74, 6) is 0.517. The number of likely N-dealkylation sites (N-methyl/N-ethyl adjacent to an activating group) is 1. The van der Waals surface area contributed by atoms with Gasteiger partial charge in [0.15, 0.2) is 0 Å². The van der Waals surface area contributed by atoms with Crippen molar-refractivity contribution in [1.82, 2.24) is 24.8 Å². The molecule has 126 valence electrons. The Hall–Kier alpha value is -2.51. The first kappa shape index (κ1) is 14.8. The summed E-state index contributed by atoms with van der Waals surface area (Å²) < 4.78 is 0. The van der Waals surface area contributed by atoms with E-state index in [2.05, 4.69) is 32.8 Å². The molecule has 0 saturated carbocycles. The number of nitrogen functional groups attached to an aromatic ring is 1. The van der Waals surface area contributed by atoms with Crippen molar-refractivity contribution in [1.29, 1.82) is 0 Å². The van der Waals surface area contributed by atoms with E-state index in [0.717, 1.165) is 58.6 Å². The van der Waals surface area contributed by atoms with Gasteiger partial charge in [-0.15, -0.1) is 11.3 Å². The first-order valence-electron chi connectivity index (χ1n) is 8.45. The smallest absolute Gasteiger partial charge is 0.138 e. The molecule has 6 nitrogen and oxygen atoms in total. The van der Waals surface area contributed by atoms with Gasteiger partial charge in [0.05, 0.1) is 17.4 Å². The number of aromatic nitrogens is 4. The molecule has 0 unspecified atom stereocenters. The molecule has 0 spiro atoms. The Morgan fingerprint density at radius 2 is 2.16 bits per heavy atom. The Morgan fingerprint density at radius 3 is 3.04 bits per heavy atom. The monoisotopic (exact) mass is 350 g/mol. The lowest BCUT2D eigenvalue weighted by molar-refractivity contribution is 0.266. The molecule has 0 saturated heterocycles. The normalized spacial score (nSPS) is 15.1. The van der Waals surface area contributed by atoms with E-state index < -0.39 is 0 Å². The molecule has 4 aromatic rings. The van der Waals surface area contributed by atoms with E-state index in [1.807, 2.05) is 12.3 Å². The van der Waals surface area contributed by atoms with Gasteiger partial charge in [0.1, 0.15) is 16.5 Å². The number of H-pyrrole nitrogens is 1. The lowest BCUT2D eigenvalue weighted by Crippen LogP contribution is -2.29. The second kappa shape index (κ2) is 5.50. The van der Waals surface area contributed by atoms with Gasteiger partial charge < -0.3 is 10.7 Å². The molecule has 3 N–H and O–H groups in total. The standard InChI is InChI=1S/C18H18N6S/c1-2-24-4-3-15-14(9-24)23-18(25-15)10-5-12-11-6-16(19)20-8-13(11)22-17(12)21-7-10/h5-8H,2-4,9H2,1H3,(H2,19,20)(H,21,22). The number of rotatable bonds is 2. The Bertz CT molecular complexity index is 1100. The molecule has 0 radical (unpaired) electrons. The summed E-state index contributed by atoms with van der Waals surface area (Å²) in [4.78, 5) is 20.8. The van der Waals surface area contributed by atoms with E-state index in [-0.39, 0.29) is 0 Å². The average molecular weight is 350 g/mol. The molecule has 7 heteroatoms. The van der Waals surface area contributed by atoms with Crippen LogP contribution in [0.5, 0.6) is 0 Å². The minimum atomic E-state index is 0.517. The number of nitrogens with zero attached hydrogens (tertiary/aromatic N) is 4. The molecule has 25 heavy (non-hydrogen) atoms. The van der Waals surface area contributed by atoms with E-state index in [0.29, 0.717) is 5.82 Å². The van der Waals surface area contributed by atoms with Gasteiger partial charge in [0.2, 0.25) is 0 Å². The van der Waals surface area contributed by atoms with Gasteiger partial charge in [-0.3, -0.25) is 4.90 Å². The summed E-state index contributed by atoms with van der Waals surface area (Å²) in [5.41, 5.74) is 9.94. The predicted octanol–water partition coefficient (Wildman–Crippen LogP) is 3.19. The van der Waals surface area contributed by atoms with Gasteiger partial charge in [-0.1, -0.05) is 6.92 Å². The summed E-state index contributed by atoms with van der Waals surface area (Å²) >= 11 is 1.80. The largest absolute Gasteiger partial charge is 0.384 e. The topological polar surface area (TPSA) is 83.7 Å². The highest BCUT2D eigenvalue weighted by Crippen LogP contribution is 2.34. The van der Waals surface area contributed by atoms with Gasteiger partial charge in [-0.25, -0.2) is 15.0 Å². The van der Waals surface area contributed by atoms with E-state index in [1.165, 1.54) is 10.6 Å². The summed E-state index contributed by atoms with van der Waals surface area (Å²) in [6, 6.07) is 4.05. The third kappa shape index (κ3) is 2.39. The SMILES string of the molecule is CCN1CCc2sc(-c3cnc4[nH]c5cnc(N)cc5c4c3)nc2C1.